The van der Waals surface area contributed by atoms with Crippen molar-refractivity contribution in [2.75, 3.05) is 0 Å². The maximum atomic E-state index is 8.62. The molecule has 1 aromatic heterocycles. The van der Waals surface area contributed by atoms with Crippen LogP contribution in [-0.2, 0) is 0 Å². The zero-order valence-electron chi connectivity index (χ0n) is 3.39. The molecule has 0 aliphatic carbocycles. The number of furan rings is 1. The fraction of sp³-hybridized carbons (Fsp3) is 0. The first kappa shape index (κ1) is 4.71. The molecule has 3 heteroatoms. The third kappa shape index (κ3) is 0.771. The maximum Gasteiger partial charge on any atom is 0.168 e. The average Bonchev–Trinajstić information content (AvgIpc) is 1.91. The minimum atomic E-state index is 0.139. The molecule has 1 rings (SSSR count). The Balaban J connectivity index is 3.12. The van der Waals surface area contributed by atoms with E-state index in [1.807, 2.05) is 0 Å². The third-order valence-corrected chi connectivity index (χ3v) is 1.19. The first-order chi connectivity index (χ1) is 3.30. The maximum absolute atomic E-state index is 8.62. The van der Waals surface area contributed by atoms with Crippen LogP contribution in [0.2, 0.25) is 0 Å². The highest BCUT2D eigenvalue weighted by molar-refractivity contribution is 9.10. The van der Waals surface area contributed by atoms with E-state index in [0.29, 0.717) is 4.47 Å². The van der Waals surface area contributed by atoms with Crippen LogP contribution in [0.4, 0.5) is 0 Å². The Morgan fingerprint density at radius 2 is 2.29 bits per heavy atom. The summed E-state index contributed by atoms with van der Waals surface area (Å²) in [5.41, 5.74) is 0. The van der Waals surface area contributed by atoms with Gasteiger partial charge in [0.05, 0.1) is 4.47 Å². The molecule has 0 fully saturated rings. The van der Waals surface area contributed by atoms with Crippen molar-refractivity contribution >= 4 is 15.9 Å². The molecular weight excluding hydrogens is 160 g/mol. The molecule has 0 saturated heterocycles. The van der Waals surface area contributed by atoms with Gasteiger partial charge in [0, 0.05) is 0 Å². The van der Waals surface area contributed by atoms with Gasteiger partial charge in [-0.15, -0.1) is 0 Å². The van der Waals surface area contributed by atoms with E-state index >= 15 is 0 Å². The highest BCUT2D eigenvalue weighted by atomic mass is 79.9. The van der Waals surface area contributed by atoms with E-state index in [2.05, 4.69) is 20.3 Å². The van der Waals surface area contributed by atoms with Gasteiger partial charge in [0.15, 0.2) is 5.75 Å². The Hall–Kier alpha value is -0.440. The molecular formula is C4H3BrO2. The summed E-state index contributed by atoms with van der Waals surface area (Å²) in [7, 11) is 0. The summed E-state index contributed by atoms with van der Waals surface area (Å²) in [6, 6.07) is 0. The van der Waals surface area contributed by atoms with Crippen LogP contribution < -0.4 is 0 Å². The summed E-state index contributed by atoms with van der Waals surface area (Å²) in [4.78, 5) is 0. The summed E-state index contributed by atoms with van der Waals surface area (Å²) in [6.45, 7) is 0. The van der Waals surface area contributed by atoms with Crippen LogP contribution in [0.5, 0.6) is 5.75 Å². The summed E-state index contributed by atoms with van der Waals surface area (Å²) in [5.74, 6) is 0.139. The number of hydrogen-bond donors (Lipinski definition) is 1. The average molecular weight is 163 g/mol. The Morgan fingerprint density at radius 1 is 1.57 bits per heavy atom. The Morgan fingerprint density at radius 3 is 2.43 bits per heavy atom. The van der Waals surface area contributed by atoms with Gasteiger partial charge in [-0.1, -0.05) is 0 Å². The fourth-order valence-electron chi connectivity index (χ4n) is 0.275. The molecule has 0 saturated carbocycles. The van der Waals surface area contributed by atoms with Gasteiger partial charge in [0.2, 0.25) is 0 Å². The van der Waals surface area contributed by atoms with E-state index in [-0.39, 0.29) is 5.75 Å². The van der Waals surface area contributed by atoms with Gasteiger partial charge < -0.3 is 9.52 Å². The number of aromatic hydroxyl groups is 1. The van der Waals surface area contributed by atoms with E-state index in [9.17, 15) is 0 Å². The van der Waals surface area contributed by atoms with E-state index in [4.69, 9.17) is 5.11 Å². The number of hydrogen-bond acceptors (Lipinski definition) is 2. The highest BCUT2D eigenvalue weighted by Gasteiger charge is 1.94. The quantitative estimate of drug-likeness (QED) is 0.631. The van der Waals surface area contributed by atoms with Crippen molar-refractivity contribution in [1.29, 1.82) is 0 Å². The first-order valence-corrected chi connectivity index (χ1v) is 2.50. The SMILES string of the molecule is Oc1cocc1Br. The van der Waals surface area contributed by atoms with Crippen molar-refractivity contribution in [1.82, 2.24) is 0 Å². The number of rotatable bonds is 0. The van der Waals surface area contributed by atoms with Crippen LogP contribution in [-0.4, -0.2) is 5.11 Å². The second-order valence-corrected chi connectivity index (χ2v) is 1.96. The van der Waals surface area contributed by atoms with Gasteiger partial charge in [0.25, 0.3) is 0 Å². The standard InChI is InChI=1S/C4H3BrO2/c5-3-1-7-2-4(3)6/h1-2,6H. The molecule has 0 radical (unpaired) electrons. The molecule has 0 aliphatic heterocycles. The Kier molecular flexibility index (Phi) is 1.06. The minimum absolute atomic E-state index is 0.139. The Labute approximate surface area is 48.9 Å². The monoisotopic (exact) mass is 162 g/mol. The van der Waals surface area contributed by atoms with Crippen LogP contribution in [0, 0.1) is 0 Å². The second-order valence-electron chi connectivity index (χ2n) is 1.10. The second kappa shape index (κ2) is 1.58. The van der Waals surface area contributed by atoms with Gasteiger partial charge in [-0.3, -0.25) is 0 Å². The smallest absolute Gasteiger partial charge is 0.168 e. The lowest BCUT2D eigenvalue weighted by Gasteiger charge is -1.74. The van der Waals surface area contributed by atoms with Crippen LogP contribution in [0.15, 0.2) is 21.4 Å². The van der Waals surface area contributed by atoms with E-state index in [1.54, 1.807) is 0 Å². The minimum Gasteiger partial charge on any atom is -0.504 e. The molecule has 0 aliphatic rings. The summed E-state index contributed by atoms with van der Waals surface area (Å²) in [5, 5.41) is 8.62. The molecule has 38 valence electrons. The van der Waals surface area contributed by atoms with Crippen LogP contribution in [0.1, 0.15) is 0 Å². The molecule has 0 bridgehead atoms. The van der Waals surface area contributed by atoms with Crippen LogP contribution in [0.25, 0.3) is 0 Å². The molecule has 2 nitrogen and oxygen atoms in total. The van der Waals surface area contributed by atoms with E-state index in [1.165, 1.54) is 12.5 Å². The Bertz CT molecular complexity index is 142. The van der Waals surface area contributed by atoms with Crippen LogP contribution >= 0.6 is 15.9 Å². The third-order valence-electron chi connectivity index (χ3n) is 0.596. The summed E-state index contributed by atoms with van der Waals surface area (Å²) >= 11 is 3.02. The van der Waals surface area contributed by atoms with Crippen molar-refractivity contribution < 1.29 is 9.52 Å². The lowest BCUT2D eigenvalue weighted by molar-refractivity contribution is 0.457. The summed E-state index contributed by atoms with van der Waals surface area (Å²) in [6.07, 6.45) is 2.67. The van der Waals surface area contributed by atoms with Gasteiger partial charge in [-0.2, -0.15) is 0 Å². The van der Waals surface area contributed by atoms with Gasteiger partial charge in [-0.05, 0) is 15.9 Å². The van der Waals surface area contributed by atoms with E-state index < -0.39 is 0 Å². The zero-order valence-corrected chi connectivity index (χ0v) is 4.97. The normalized spacial score (nSPS) is 9.29. The topological polar surface area (TPSA) is 33.4 Å². The van der Waals surface area contributed by atoms with Gasteiger partial charge in [0.1, 0.15) is 12.5 Å². The predicted molar refractivity (Wildman–Crippen MR) is 28.1 cm³/mol. The van der Waals surface area contributed by atoms with Gasteiger partial charge in [-0.25, -0.2) is 0 Å². The molecule has 1 N–H and O–H groups in total. The molecule has 1 aromatic rings. The molecule has 0 aromatic carbocycles. The molecule has 0 unspecified atom stereocenters. The van der Waals surface area contributed by atoms with E-state index in [0.717, 1.165) is 0 Å². The molecule has 1 heterocycles. The molecule has 0 spiro atoms. The molecule has 7 heavy (non-hydrogen) atoms. The van der Waals surface area contributed by atoms with Crippen molar-refractivity contribution in [3.05, 3.63) is 17.0 Å². The van der Waals surface area contributed by atoms with Crippen molar-refractivity contribution in [2.24, 2.45) is 0 Å². The molecule has 0 atom stereocenters. The zero-order chi connectivity index (χ0) is 5.28. The fourth-order valence-corrected chi connectivity index (χ4v) is 0.476. The van der Waals surface area contributed by atoms with Crippen LogP contribution in [0.3, 0.4) is 0 Å². The lowest BCUT2D eigenvalue weighted by atomic mass is 10.6. The van der Waals surface area contributed by atoms with Crippen molar-refractivity contribution in [3.63, 3.8) is 0 Å². The lowest BCUT2D eigenvalue weighted by Crippen LogP contribution is -1.48. The highest BCUT2D eigenvalue weighted by Crippen LogP contribution is 2.22. The summed E-state index contributed by atoms with van der Waals surface area (Å²) < 4.78 is 5.14. The van der Waals surface area contributed by atoms with Crippen molar-refractivity contribution in [2.45, 2.75) is 0 Å². The predicted octanol–water partition coefficient (Wildman–Crippen LogP) is 1.75. The van der Waals surface area contributed by atoms with Crippen molar-refractivity contribution in [3.8, 4) is 5.75 Å². The number of halogens is 1. The first-order valence-electron chi connectivity index (χ1n) is 1.71. The largest absolute Gasteiger partial charge is 0.504 e. The van der Waals surface area contributed by atoms with Gasteiger partial charge >= 0.3 is 0 Å². The molecule has 0 amide bonds.